The minimum absolute atomic E-state index is 0.00463. The highest BCUT2D eigenvalue weighted by molar-refractivity contribution is 5.89. The van der Waals surface area contributed by atoms with Gasteiger partial charge >= 0.3 is 0 Å². The van der Waals surface area contributed by atoms with Gasteiger partial charge in [0.15, 0.2) is 0 Å². The van der Waals surface area contributed by atoms with Crippen LogP contribution in [0, 0.1) is 5.92 Å². The van der Waals surface area contributed by atoms with Crippen molar-refractivity contribution in [2.24, 2.45) is 5.92 Å². The van der Waals surface area contributed by atoms with Gasteiger partial charge in [-0.2, -0.15) is 0 Å². The third-order valence-corrected chi connectivity index (χ3v) is 3.20. The van der Waals surface area contributed by atoms with Crippen molar-refractivity contribution in [1.82, 2.24) is 10.2 Å². The fourth-order valence-electron chi connectivity index (χ4n) is 1.56. The van der Waals surface area contributed by atoms with E-state index in [2.05, 4.69) is 5.32 Å². The van der Waals surface area contributed by atoms with Crippen LogP contribution in [0.1, 0.15) is 27.2 Å². The predicted octanol–water partition coefficient (Wildman–Crippen LogP) is -0.260. The van der Waals surface area contributed by atoms with Crippen LogP contribution in [-0.4, -0.2) is 47.1 Å². The second kappa shape index (κ2) is 4.41. The highest BCUT2D eigenvalue weighted by atomic mass is 16.3. The van der Waals surface area contributed by atoms with Gasteiger partial charge in [-0.05, 0) is 20.8 Å². The van der Waals surface area contributed by atoms with Crippen molar-refractivity contribution >= 4 is 11.8 Å². The fourth-order valence-corrected chi connectivity index (χ4v) is 1.56. The number of aliphatic hydroxyl groups excluding tert-OH is 1. The Hall–Kier alpha value is -1.10. The van der Waals surface area contributed by atoms with Gasteiger partial charge < -0.3 is 15.3 Å². The van der Waals surface area contributed by atoms with Gasteiger partial charge in [0.2, 0.25) is 11.8 Å². The number of aliphatic hydroxyl groups is 1. The molecule has 5 nitrogen and oxygen atoms in total. The summed E-state index contributed by atoms with van der Waals surface area (Å²) in [4.78, 5) is 24.7. The summed E-state index contributed by atoms with van der Waals surface area (Å²) in [7, 11) is 1.69. The molecular weight excluding hydrogens is 208 g/mol. The molecule has 1 fully saturated rings. The molecule has 2 atom stereocenters. The van der Waals surface area contributed by atoms with Crippen LogP contribution in [0.25, 0.3) is 0 Å². The molecule has 16 heavy (non-hydrogen) atoms. The third kappa shape index (κ3) is 2.72. The standard InChI is InChI=1S/C11H20N2O3/c1-7(14)11(2,3)12-10(16)8-5-9(15)13(4)6-8/h7-8,14H,5-6H2,1-4H3,(H,12,16). The molecule has 0 radical (unpaired) electrons. The number of nitrogens with zero attached hydrogens (tertiary/aromatic N) is 1. The SMILES string of the molecule is CC(O)C(C)(C)NC(=O)C1CC(=O)N(C)C1. The summed E-state index contributed by atoms with van der Waals surface area (Å²) in [6.07, 6.45) is -0.371. The number of carbonyl (C=O) groups is 2. The first-order valence-electron chi connectivity index (χ1n) is 5.48. The molecule has 5 heteroatoms. The molecular formula is C11H20N2O3. The Labute approximate surface area is 95.8 Å². The van der Waals surface area contributed by atoms with Crippen LogP contribution in [0.15, 0.2) is 0 Å². The van der Waals surface area contributed by atoms with Crippen LogP contribution in [0.5, 0.6) is 0 Å². The van der Waals surface area contributed by atoms with E-state index in [0.717, 1.165) is 0 Å². The first kappa shape index (κ1) is 13.0. The number of likely N-dealkylation sites (tertiary alicyclic amines) is 1. The number of rotatable bonds is 3. The molecule has 92 valence electrons. The number of nitrogens with one attached hydrogen (secondary N) is 1. The maximum absolute atomic E-state index is 11.9. The average Bonchev–Trinajstić information content (AvgIpc) is 2.46. The molecule has 1 rings (SSSR count). The highest BCUT2D eigenvalue weighted by Crippen LogP contribution is 2.18. The van der Waals surface area contributed by atoms with Gasteiger partial charge in [0.25, 0.3) is 0 Å². The zero-order chi connectivity index (χ0) is 12.5. The topological polar surface area (TPSA) is 69.6 Å². The van der Waals surface area contributed by atoms with Crippen LogP contribution < -0.4 is 5.32 Å². The summed E-state index contributed by atoms with van der Waals surface area (Å²) in [5, 5.41) is 12.3. The largest absolute Gasteiger partial charge is 0.391 e. The Bertz CT molecular complexity index is 300. The summed E-state index contributed by atoms with van der Waals surface area (Å²) in [5.41, 5.74) is -0.665. The molecule has 0 aliphatic carbocycles. The second-order valence-corrected chi connectivity index (χ2v) is 5.06. The molecule has 1 aliphatic heterocycles. The van der Waals surface area contributed by atoms with Gasteiger partial charge in [0, 0.05) is 20.0 Å². The quantitative estimate of drug-likeness (QED) is 0.699. The summed E-state index contributed by atoms with van der Waals surface area (Å²) in [6, 6.07) is 0. The lowest BCUT2D eigenvalue weighted by molar-refractivity contribution is -0.129. The molecule has 0 spiro atoms. The number of amides is 2. The Morgan fingerprint density at radius 1 is 1.62 bits per heavy atom. The zero-order valence-electron chi connectivity index (χ0n) is 10.3. The number of hydrogen-bond acceptors (Lipinski definition) is 3. The van der Waals surface area contributed by atoms with E-state index in [0.29, 0.717) is 6.54 Å². The zero-order valence-corrected chi connectivity index (χ0v) is 10.3. The predicted molar refractivity (Wildman–Crippen MR) is 59.6 cm³/mol. The average molecular weight is 228 g/mol. The summed E-state index contributed by atoms with van der Waals surface area (Å²) < 4.78 is 0. The van der Waals surface area contributed by atoms with Crippen LogP contribution in [0.4, 0.5) is 0 Å². The lowest BCUT2D eigenvalue weighted by Gasteiger charge is -2.30. The van der Waals surface area contributed by atoms with Gasteiger partial charge in [-0.15, -0.1) is 0 Å². The van der Waals surface area contributed by atoms with Crippen molar-refractivity contribution in [2.45, 2.75) is 38.8 Å². The Morgan fingerprint density at radius 3 is 2.56 bits per heavy atom. The molecule has 1 saturated heterocycles. The van der Waals surface area contributed by atoms with Crippen molar-refractivity contribution in [3.63, 3.8) is 0 Å². The molecule has 0 saturated carbocycles. The maximum Gasteiger partial charge on any atom is 0.225 e. The maximum atomic E-state index is 11.9. The lowest BCUT2D eigenvalue weighted by Crippen LogP contribution is -2.52. The molecule has 0 aromatic rings. The van der Waals surface area contributed by atoms with Gasteiger partial charge in [0.1, 0.15) is 0 Å². The fraction of sp³-hybridized carbons (Fsp3) is 0.818. The monoisotopic (exact) mass is 228 g/mol. The van der Waals surface area contributed by atoms with Crippen molar-refractivity contribution in [2.75, 3.05) is 13.6 Å². The van der Waals surface area contributed by atoms with E-state index in [1.165, 1.54) is 0 Å². The van der Waals surface area contributed by atoms with Gasteiger partial charge in [-0.3, -0.25) is 9.59 Å². The van der Waals surface area contributed by atoms with Crippen LogP contribution in [0.2, 0.25) is 0 Å². The van der Waals surface area contributed by atoms with Crippen molar-refractivity contribution < 1.29 is 14.7 Å². The second-order valence-electron chi connectivity index (χ2n) is 5.06. The Kier molecular flexibility index (Phi) is 3.57. The van der Waals surface area contributed by atoms with Crippen molar-refractivity contribution in [1.29, 1.82) is 0 Å². The van der Waals surface area contributed by atoms with E-state index in [-0.39, 0.29) is 24.2 Å². The minimum atomic E-state index is -0.665. The van der Waals surface area contributed by atoms with E-state index in [1.807, 2.05) is 0 Å². The number of hydrogen-bond donors (Lipinski definition) is 2. The van der Waals surface area contributed by atoms with Crippen molar-refractivity contribution in [3.05, 3.63) is 0 Å². The molecule has 1 aliphatic rings. The Morgan fingerprint density at radius 2 is 2.19 bits per heavy atom. The van der Waals surface area contributed by atoms with Crippen LogP contribution in [-0.2, 0) is 9.59 Å². The van der Waals surface area contributed by atoms with Crippen molar-refractivity contribution in [3.8, 4) is 0 Å². The van der Waals surface area contributed by atoms with Crippen LogP contribution in [0.3, 0.4) is 0 Å². The molecule has 0 bridgehead atoms. The molecule has 0 aromatic carbocycles. The van der Waals surface area contributed by atoms with E-state index in [1.54, 1.807) is 32.7 Å². The molecule has 1 heterocycles. The van der Waals surface area contributed by atoms with E-state index < -0.39 is 11.6 Å². The van der Waals surface area contributed by atoms with E-state index in [4.69, 9.17) is 0 Å². The lowest BCUT2D eigenvalue weighted by atomic mass is 9.97. The first-order chi connectivity index (χ1) is 7.24. The minimum Gasteiger partial charge on any atom is -0.391 e. The summed E-state index contributed by atoms with van der Waals surface area (Å²) in [5.74, 6) is -0.464. The van der Waals surface area contributed by atoms with Gasteiger partial charge in [-0.1, -0.05) is 0 Å². The highest BCUT2D eigenvalue weighted by Gasteiger charge is 2.35. The first-order valence-corrected chi connectivity index (χ1v) is 5.48. The summed E-state index contributed by atoms with van der Waals surface area (Å²) >= 11 is 0. The van der Waals surface area contributed by atoms with Crippen LogP contribution >= 0.6 is 0 Å². The van der Waals surface area contributed by atoms with Gasteiger partial charge in [0.05, 0.1) is 17.6 Å². The third-order valence-electron chi connectivity index (χ3n) is 3.20. The normalized spacial score (nSPS) is 23.4. The molecule has 2 unspecified atom stereocenters. The van der Waals surface area contributed by atoms with E-state index >= 15 is 0 Å². The van der Waals surface area contributed by atoms with Gasteiger partial charge in [-0.25, -0.2) is 0 Å². The molecule has 2 amide bonds. The smallest absolute Gasteiger partial charge is 0.225 e. The Balaban J connectivity index is 2.57. The molecule has 2 N–H and O–H groups in total. The number of carbonyl (C=O) groups excluding carboxylic acids is 2. The molecule has 0 aromatic heterocycles. The van der Waals surface area contributed by atoms with E-state index in [9.17, 15) is 14.7 Å². The summed E-state index contributed by atoms with van der Waals surface area (Å²) in [6.45, 7) is 5.61.